The third kappa shape index (κ3) is 5.18. The van der Waals surface area contributed by atoms with E-state index in [1.54, 1.807) is 24.5 Å². The first-order valence-corrected chi connectivity index (χ1v) is 9.86. The van der Waals surface area contributed by atoms with Crippen molar-refractivity contribution < 1.29 is 4.79 Å². The highest BCUT2D eigenvalue weighted by Gasteiger charge is 2.09. The van der Waals surface area contributed by atoms with Crippen molar-refractivity contribution in [3.8, 4) is 10.6 Å². The van der Waals surface area contributed by atoms with Gasteiger partial charge in [0.2, 0.25) is 5.91 Å². The van der Waals surface area contributed by atoms with Crippen molar-refractivity contribution in [3.05, 3.63) is 90.2 Å². The number of thiazole rings is 1. The smallest absolute Gasteiger partial charge is 0.230 e. The van der Waals surface area contributed by atoms with Crippen LogP contribution in [0, 0.1) is 0 Å². The maximum Gasteiger partial charge on any atom is 0.230 e. The summed E-state index contributed by atoms with van der Waals surface area (Å²) in [5, 5.41) is 14.0. The second kappa shape index (κ2) is 8.99. The summed E-state index contributed by atoms with van der Waals surface area (Å²) in [6, 6.07) is 20.6. The molecule has 0 saturated heterocycles. The van der Waals surface area contributed by atoms with Gasteiger partial charge in [-0.2, -0.15) is 10.2 Å². The molecule has 2 aromatic heterocycles. The van der Waals surface area contributed by atoms with E-state index in [0.29, 0.717) is 11.4 Å². The van der Waals surface area contributed by atoms with Gasteiger partial charge in [0.15, 0.2) is 0 Å². The fourth-order valence-electron chi connectivity index (χ4n) is 2.60. The molecule has 142 valence electrons. The van der Waals surface area contributed by atoms with Gasteiger partial charge in [0.25, 0.3) is 0 Å². The molecule has 1 N–H and O–H groups in total. The first-order chi connectivity index (χ1) is 14.3. The minimum atomic E-state index is -0.119. The highest BCUT2D eigenvalue weighted by atomic mass is 32.1. The minimum Gasteiger partial charge on any atom is -0.326 e. The lowest BCUT2D eigenvalue weighted by molar-refractivity contribution is -0.115. The Morgan fingerprint density at radius 3 is 2.41 bits per heavy atom. The molecule has 0 spiro atoms. The Kier molecular flexibility index (Phi) is 5.78. The van der Waals surface area contributed by atoms with E-state index >= 15 is 0 Å². The Bertz CT molecular complexity index is 1110. The lowest BCUT2D eigenvalue weighted by Gasteiger charge is -2.04. The van der Waals surface area contributed by atoms with Gasteiger partial charge in [0, 0.05) is 29.0 Å². The molecule has 4 rings (SSSR count). The number of carbonyl (C=O) groups is 1. The number of carbonyl (C=O) groups excluding carboxylic acids is 1. The van der Waals surface area contributed by atoms with Gasteiger partial charge >= 0.3 is 0 Å². The Morgan fingerprint density at radius 2 is 1.69 bits per heavy atom. The summed E-state index contributed by atoms with van der Waals surface area (Å²) < 4.78 is 0. The van der Waals surface area contributed by atoms with Gasteiger partial charge in [0.05, 0.1) is 23.5 Å². The summed E-state index contributed by atoms with van der Waals surface area (Å²) in [7, 11) is 0. The monoisotopic (exact) mass is 399 g/mol. The molecule has 0 aliphatic carbocycles. The molecule has 0 saturated carbocycles. The van der Waals surface area contributed by atoms with E-state index in [4.69, 9.17) is 0 Å². The highest BCUT2D eigenvalue weighted by Crippen LogP contribution is 2.23. The average Bonchev–Trinajstić information content (AvgIpc) is 3.23. The minimum absolute atomic E-state index is 0.119. The predicted molar refractivity (Wildman–Crippen MR) is 115 cm³/mol. The van der Waals surface area contributed by atoms with Crippen LogP contribution in [0.25, 0.3) is 10.6 Å². The third-order valence-corrected chi connectivity index (χ3v) is 4.93. The Hall–Kier alpha value is -3.71. The van der Waals surface area contributed by atoms with E-state index in [1.165, 1.54) is 11.3 Å². The maximum absolute atomic E-state index is 12.3. The average molecular weight is 399 g/mol. The van der Waals surface area contributed by atoms with Gasteiger partial charge in [-0.15, -0.1) is 11.3 Å². The van der Waals surface area contributed by atoms with Crippen LogP contribution in [0.2, 0.25) is 0 Å². The molecule has 0 aliphatic heterocycles. The molecule has 0 unspecified atom stereocenters. The SMILES string of the molecule is O=C(Cc1csc(-c2cccnc2)n1)Nc1ccc(N=Nc2ccccc2)cc1. The van der Waals surface area contributed by atoms with Gasteiger partial charge in [-0.05, 0) is 48.5 Å². The standard InChI is InChI=1S/C22H17N5OS/c28-21(13-20-15-29-22(25-20)16-5-4-12-23-14-16)24-17-8-10-19(11-9-17)27-26-18-6-2-1-3-7-18/h1-12,14-15H,13H2,(H,24,28). The van der Waals surface area contributed by atoms with E-state index in [9.17, 15) is 4.79 Å². The Balaban J connectivity index is 1.34. The van der Waals surface area contributed by atoms with Crippen LogP contribution in [-0.2, 0) is 11.2 Å². The number of anilines is 1. The molecular weight excluding hydrogens is 382 g/mol. The van der Waals surface area contributed by atoms with E-state index in [1.807, 2.05) is 60.0 Å². The summed E-state index contributed by atoms with van der Waals surface area (Å²) in [5.41, 5.74) is 3.90. The summed E-state index contributed by atoms with van der Waals surface area (Å²) in [6.45, 7) is 0. The molecule has 1 amide bonds. The zero-order chi connectivity index (χ0) is 19.9. The van der Waals surface area contributed by atoms with E-state index in [0.717, 1.165) is 22.0 Å². The van der Waals surface area contributed by atoms with Gasteiger partial charge < -0.3 is 5.32 Å². The number of hydrogen-bond donors (Lipinski definition) is 1. The van der Waals surface area contributed by atoms with Crippen LogP contribution in [0.3, 0.4) is 0 Å². The second-order valence-electron chi connectivity index (χ2n) is 6.19. The number of benzene rings is 2. The highest BCUT2D eigenvalue weighted by molar-refractivity contribution is 7.13. The van der Waals surface area contributed by atoms with Gasteiger partial charge in [-0.25, -0.2) is 4.98 Å². The molecule has 6 nitrogen and oxygen atoms in total. The van der Waals surface area contributed by atoms with Crippen molar-refractivity contribution in [1.82, 2.24) is 9.97 Å². The normalized spacial score (nSPS) is 10.9. The second-order valence-corrected chi connectivity index (χ2v) is 7.05. The first kappa shape index (κ1) is 18.6. The summed E-state index contributed by atoms with van der Waals surface area (Å²) >= 11 is 1.50. The lowest BCUT2D eigenvalue weighted by Crippen LogP contribution is -2.14. The Morgan fingerprint density at radius 1 is 0.931 bits per heavy atom. The largest absolute Gasteiger partial charge is 0.326 e. The van der Waals surface area contributed by atoms with Crippen LogP contribution in [0.4, 0.5) is 17.1 Å². The lowest BCUT2D eigenvalue weighted by atomic mass is 10.2. The summed E-state index contributed by atoms with van der Waals surface area (Å²) in [6.07, 6.45) is 3.70. The van der Waals surface area contributed by atoms with E-state index in [2.05, 4.69) is 25.5 Å². The third-order valence-electron chi connectivity index (χ3n) is 3.99. The number of hydrogen-bond acceptors (Lipinski definition) is 6. The number of nitrogens with one attached hydrogen (secondary N) is 1. The van der Waals surface area contributed by atoms with Crippen LogP contribution >= 0.6 is 11.3 Å². The number of azo groups is 1. The molecule has 0 radical (unpaired) electrons. The van der Waals surface area contributed by atoms with Crippen molar-refractivity contribution in [2.75, 3.05) is 5.32 Å². The topological polar surface area (TPSA) is 79.6 Å². The van der Waals surface area contributed by atoms with Crippen molar-refractivity contribution in [2.24, 2.45) is 10.2 Å². The van der Waals surface area contributed by atoms with Crippen LogP contribution in [-0.4, -0.2) is 15.9 Å². The summed E-state index contributed by atoms with van der Waals surface area (Å²) in [5.74, 6) is -0.119. The van der Waals surface area contributed by atoms with Crippen molar-refractivity contribution >= 4 is 34.3 Å². The molecule has 4 aromatic rings. The van der Waals surface area contributed by atoms with E-state index in [-0.39, 0.29) is 12.3 Å². The zero-order valence-corrected chi connectivity index (χ0v) is 16.2. The van der Waals surface area contributed by atoms with Crippen molar-refractivity contribution in [3.63, 3.8) is 0 Å². The molecule has 7 heteroatoms. The Labute approximate surface area is 172 Å². The molecule has 0 atom stereocenters. The fraction of sp³-hybridized carbons (Fsp3) is 0.0455. The molecular formula is C22H17N5OS. The number of amides is 1. The van der Waals surface area contributed by atoms with Crippen LogP contribution in [0.1, 0.15) is 5.69 Å². The predicted octanol–water partition coefficient (Wildman–Crippen LogP) is 5.80. The van der Waals surface area contributed by atoms with Crippen LogP contribution in [0.15, 0.2) is 94.7 Å². The quantitative estimate of drug-likeness (QED) is 0.416. The number of aromatic nitrogens is 2. The molecule has 29 heavy (non-hydrogen) atoms. The van der Waals surface area contributed by atoms with Gasteiger partial charge in [0.1, 0.15) is 5.01 Å². The van der Waals surface area contributed by atoms with Crippen LogP contribution in [0.5, 0.6) is 0 Å². The number of nitrogens with zero attached hydrogens (tertiary/aromatic N) is 4. The van der Waals surface area contributed by atoms with Crippen LogP contribution < -0.4 is 5.32 Å². The molecule has 2 heterocycles. The molecule has 0 fully saturated rings. The number of pyridine rings is 1. The van der Waals surface area contributed by atoms with Crippen molar-refractivity contribution in [1.29, 1.82) is 0 Å². The number of rotatable bonds is 6. The zero-order valence-electron chi connectivity index (χ0n) is 15.4. The molecule has 0 bridgehead atoms. The maximum atomic E-state index is 12.3. The first-order valence-electron chi connectivity index (χ1n) is 8.98. The summed E-state index contributed by atoms with van der Waals surface area (Å²) in [4.78, 5) is 20.9. The molecule has 0 aliphatic rings. The molecule has 2 aromatic carbocycles. The fourth-order valence-corrected chi connectivity index (χ4v) is 3.41. The van der Waals surface area contributed by atoms with E-state index < -0.39 is 0 Å². The van der Waals surface area contributed by atoms with Gasteiger partial charge in [-0.1, -0.05) is 18.2 Å². The van der Waals surface area contributed by atoms with Gasteiger partial charge in [-0.3, -0.25) is 9.78 Å². The van der Waals surface area contributed by atoms with Crippen molar-refractivity contribution in [2.45, 2.75) is 6.42 Å².